The SMILES string of the molecule is CCC(C)CC(C)CC(C)CC(C)/C=C(C)/C=C(/CC(C)C(=O)OCCC(=O)OC(C)(C)C)C(=O)OC(C)(C)C. The van der Waals surface area contributed by atoms with Crippen LogP contribution in [0.15, 0.2) is 23.3 Å². The highest BCUT2D eigenvalue weighted by Gasteiger charge is 2.25. The van der Waals surface area contributed by atoms with Crippen molar-refractivity contribution in [2.24, 2.45) is 29.6 Å². The minimum atomic E-state index is -0.653. The van der Waals surface area contributed by atoms with Crippen LogP contribution < -0.4 is 0 Å². The van der Waals surface area contributed by atoms with E-state index in [0.717, 1.165) is 17.9 Å². The molecule has 0 saturated carbocycles. The Morgan fingerprint density at radius 1 is 0.775 bits per heavy atom. The lowest BCUT2D eigenvalue weighted by atomic mass is 9.84. The van der Waals surface area contributed by atoms with Crippen molar-refractivity contribution in [3.05, 3.63) is 23.3 Å². The number of ether oxygens (including phenoxy) is 3. The fourth-order valence-electron chi connectivity index (χ4n) is 4.94. The molecule has 0 aromatic carbocycles. The van der Waals surface area contributed by atoms with Crippen molar-refractivity contribution in [2.45, 2.75) is 140 Å². The van der Waals surface area contributed by atoms with Gasteiger partial charge >= 0.3 is 17.9 Å². The van der Waals surface area contributed by atoms with Gasteiger partial charge in [0.2, 0.25) is 0 Å². The summed E-state index contributed by atoms with van der Waals surface area (Å²) in [5.74, 6) is 0.558. The average Bonchev–Trinajstić information content (AvgIpc) is 2.75. The van der Waals surface area contributed by atoms with Crippen LogP contribution in [-0.2, 0) is 28.6 Å². The van der Waals surface area contributed by atoms with Gasteiger partial charge in [0.15, 0.2) is 0 Å². The Kier molecular flexibility index (Phi) is 16.7. The van der Waals surface area contributed by atoms with Crippen LogP contribution in [0.25, 0.3) is 0 Å². The zero-order valence-corrected chi connectivity index (χ0v) is 27.9. The summed E-state index contributed by atoms with van der Waals surface area (Å²) in [6.45, 7) is 26.0. The summed E-state index contributed by atoms with van der Waals surface area (Å²) in [6, 6.07) is 0. The van der Waals surface area contributed by atoms with Crippen molar-refractivity contribution >= 4 is 17.9 Å². The molecule has 0 amide bonds. The van der Waals surface area contributed by atoms with Gasteiger partial charge in [0.1, 0.15) is 17.8 Å². The third-order valence-electron chi connectivity index (χ3n) is 6.59. The molecule has 5 atom stereocenters. The summed E-state index contributed by atoms with van der Waals surface area (Å²) in [5.41, 5.74) is 0.162. The Morgan fingerprint density at radius 2 is 1.30 bits per heavy atom. The molecule has 232 valence electrons. The van der Waals surface area contributed by atoms with Gasteiger partial charge in [-0.2, -0.15) is 0 Å². The van der Waals surface area contributed by atoms with Crippen molar-refractivity contribution in [1.29, 1.82) is 0 Å². The van der Waals surface area contributed by atoms with Crippen LogP contribution in [0.2, 0.25) is 0 Å². The maximum atomic E-state index is 13.1. The highest BCUT2D eigenvalue weighted by molar-refractivity contribution is 5.90. The van der Waals surface area contributed by atoms with Gasteiger partial charge in [-0.15, -0.1) is 0 Å². The minimum Gasteiger partial charge on any atom is -0.465 e. The molecule has 6 heteroatoms. The predicted molar refractivity (Wildman–Crippen MR) is 164 cm³/mol. The first-order valence-electron chi connectivity index (χ1n) is 15.2. The van der Waals surface area contributed by atoms with E-state index in [1.54, 1.807) is 27.7 Å². The quantitative estimate of drug-likeness (QED) is 0.0808. The summed E-state index contributed by atoms with van der Waals surface area (Å²) < 4.78 is 16.2. The molecule has 0 N–H and O–H groups in total. The number of allylic oxidation sites excluding steroid dienone is 3. The van der Waals surface area contributed by atoms with E-state index in [2.05, 4.69) is 40.7 Å². The van der Waals surface area contributed by atoms with Crippen LogP contribution in [-0.4, -0.2) is 35.7 Å². The summed E-state index contributed by atoms with van der Waals surface area (Å²) in [7, 11) is 0. The standard InChI is InChI=1S/C34H60O6/c1-14-23(2)17-24(3)18-25(4)19-26(5)20-27(6)21-29(32(37)40-34(11,12)13)22-28(7)31(36)38-16-15-30(35)39-33(8,9)10/h20-21,23-26,28H,14-19,22H2,1-13H3/b27-20+,29-21-. The average molecular weight is 565 g/mol. The first-order valence-corrected chi connectivity index (χ1v) is 15.2. The third-order valence-corrected chi connectivity index (χ3v) is 6.59. The minimum absolute atomic E-state index is 0.0148. The molecular weight excluding hydrogens is 504 g/mol. The fourth-order valence-corrected chi connectivity index (χ4v) is 4.94. The van der Waals surface area contributed by atoms with E-state index in [9.17, 15) is 14.4 Å². The zero-order valence-electron chi connectivity index (χ0n) is 27.9. The lowest BCUT2D eigenvalue weighted by Crippen LogP contribution is -2.27. The van der Waals surface area contributed by atoms with E-state index in [1.165, 1.54) is 19.3 Å². The van der Waals surface area contributed by atoms with Crippen molar-refractivity contribution in [3.8, 4) is 0 Å². The van der Waals surface area contributed by atoms with E-state index in [1.807, 2.05) is 33.8 Å². The number of hydrogen-bond donors (Lipinski definition) is 0. The molecule has 0 aliphatic carbocycles. The molecule has 5 unspecified atom stereocenters. The van der Waals surface area contributed by atoms with Gasteiger partial charge in [-0.25, -0.2) is 4.79 Å². The highest BCUT2D eigenvalue weighted by Crippen LogP contribution is 2.27. The molecule has 0 aliphatic heterocycles. The summed E-state index contributed by atoms with van der Waals surface area (Å²) >= 11 is 0. The zero-order chi connectivity index (χ0) is 31.3. The Morgan fingerprint density at radius 3 is 1.82 bits per heavy atom. The van der Waals surface area contributed by atoms with Gasteiger partial charge in [0, 0.05) is 5.57 Å². The van der Waals surface area contributed by atoms with Gasteiger partial charge in [-0.3, -0.25) is 9.59 Å². The van der Waals surface area contributed by atoms with Crippen LogP contribution in [0.4, 0.5) is 0 Å². The number of carbonyl (C=O) groups excluding carboxylic acids is 3. The van der Waals surface area contributed by atoms with Crippen LogP contribution >= 0.6 is 0 Å². The highest BCUT2D eigenvalue weighted by atomic mass is 16.6. The molecule has 0 aromatic heterocycles. The normalized spacial score (nSPS) is 16.9. The van der Waals surface area contributed by atoms with Crippen molar-refractivity contribution < 1.29 is 28.6 Å². The van der Waals surface area contributed by atoms with Crippen molar-refractivity contribution in [3.63, 3.8) is 0 Å². The molecule has 0 radical (unpaired) electrons. The van der Waals surface area contributed by atoms with Crippen LogP contribution in [0, 0.1) is 29.6 Å². The maximum Gasteiger partial charge on any atom is 0.334 e. The molecule has 0 aromatic rings. The second-order valence-corrected chi connectivity index (χ2v) is 14.1. The molecular formula is C34H60O6. The number of rotatable bonds is 16. The maximum absolute atomic E-state index is 13.1. The molecule has 0 aliphatic rings. The largest absolute Gasteiger partial charge is 0.465 e. The Balaban J connectivity index is 5.36. The van der Waals surface area contributed by atoms with Crippen LogP contribution in [0.5, 0.6) is 0 Å². The molecule has 0 spiro atoms. The third kappa shape index (κ3) is 19.0. The second-order valence-electron chi connectivity index (χ2n) is 14.1. The monoisotopic (exact) mass is 564 g/mol. The smallest absolute Gasteiger partial charge is 0.334 e. The van der Waals surface area contributed by atoms with Crippen molar-refractivity contribution in [2.75, 3.05) is 6.61 Å². The predicted octanol–water partition coefficient (Wildman–Crippen LogP) is 8.63. The Labute approximate surface area is 245 Å². The fraction of sp³-hybridized carbons (Fsp3) is 0.794. The molecule has 0 saturated heterocycles. The lowest BCUT2D eigenvalue weighted by Gasteiger charge is -2.22. The van der Waals surface area contributed by atoms with Crippen LogP contribution in [0.1, 0.15) is 129 Å². The molecule has 0 bridgehead atoms. The molecule has 6 nitrogen and oxygen atoms in total. The van der Waals surface area contributed by atoms with Gasteiger partial charge in [-0.1, -0.05) is 59.6 Å². The molecule has 0 fully saturated rings. The van der Waals surface area contributed by atoms with Gasteiger partial charge in [0.05, 0.1) is 12.3 Å². The Hall–Kier alpha value is -2.11. The van der Waals surface area contributed by atoms with E-state index in [-0.39, 0.29) is 19.4 Å². The van der Waals surface area contributed by atoms with Gasteiger partial charge < -0.3 is 14.2 Å². The van der Waals surface area contributed by atoms with Gasteiger partial charge in [-0.05, 0) is 104 Å². The summed E-state index contributed by atoms with van der Waals surface area (Å²) in [4.78, 5) is 37.6. The first-order chi connectivity index (χ1) is 18.2. The van der Waals surface area contributed by atoms with E-state index < -0.39 is 35.0 Å². The second kappa shape index (κ2) is 17.6. The van der Waals surface area contributed by atoms with E-state index in [4.69, 9.17) is 14.2 Å². The summed E-state index contributed by atoms with van der Waals surface area (Å²) in [6.07, 6.45) is 9.00. The number of carbonyl (C=O) groups is 3. The van der Waals surface area contributed by atoms with Crippen molar-refractivity contribution in [1.82, 2.24) is 0 Å². The van der Waals surface area contributed by atoms with E-state index in [0.29, 0.717) is 23.3 Å². The lowest BCUT2D eigenvalue weighted by molar-refractivity contribution is -0.158. The molecule has 0 rings (SSSR count). The number of esters is 3. The van der Waals surface area contributed by atoms with E-state index >= 15 is 0 Å². The molecule has 0 heterocycles. The van der Waals surface area contributed by atoms with Gasteiger partial charge in [0.25, 0.3) is 0 Å². The number of hydrogen-bond acceptors (Lipinski definition) is 6. The topological polar surface area (TPSA) is 78.9 Å². The van der Waals surface area contributed by atoms with Crippen LogP contribution in [0.3, 0.4) is 0 Å². The first kappa shape index (κ1) is 37.9. The summed E-state index contributed by atoms with van der Waals surface area (Å²) in [5, 5.41) is 0. The molecule has 40 heavy (non-hydrogen) atoms. The Bertz CT molecular complexity index is 855.